The van der Waals surface area contributed by atoms with Crippen LogP contribution >= 0.6 is 0 Å². The highest BCUT2D eigenvalue weighted by molar-refractivity contribution is 5.85. The average Bonchev–Trinajstić information content (AvgIpc) is 3.54. The van der Waals surface area contributed by atoms with Gasteiger partial charge in [-0.3, -0.25) is 4.79 Å². The van der Waals surface area contributed by atoms with Gasteiger partial charge in [0.15, 0.2) is 0 Å². The first-order valence-electron chi connectivity index (χ1n) is 12.4. The molecule has 3 N–H and O–H groups in total. The third-order valence-electron chi connectivity index (χ3n) is 5.82. The first-order chi connectivity index (χ1) is 17.1. The van der Waals surface area contributed by atoms with Gasteiger partial charge in [-0.05, 0) is 64.0 Å². The predicted molar refractivity (Wildman–Crippen MR) is 137 cm³/mol. The summed E-state index contributed by atoms with van der Waals surface area (Å²) in [7, 11) is 0. The zero-order chi connectivity index (χ0) is 26.1. The Balaban J connectivity index is 1.51. The van der Waals surface area contributed by atoms with Gasteiger partial charge in [-0.25, -0.2) is 9.59 Å². The Morgan fingerprint density at radius 1 is 0.917 bits per heavy atom. The van der Waals surface area contributed by atoms with E-state index in [4.69, 9.17) is 9.47 Å². The fourth-order valence-corrected chi connectivity index (χ4v) is 3.93. The molecule has 0 radical (unpaired) electrons. The molecule has 36 heavy (non-hydrogen) atoms. The molecule has 0 saturated heterocycles. The number of ether oxygens (including phenoxy) is 2. The second kappa shape index (κ2) is 12.4. The molecule has 0 heterocycles. The Morgan fingerprint density at radius 2 is 1.53 bits per heavy atom. The largest absolute Gasteiger partial charge is 0.445 e. The van der Waals surface area contributed by atoms with Gasteiger partial charge >= 0.3 is 12.2 Å². The first kappa shape index (κ1) is 27.0. The predicted octanol–water partition coefficient (Wildman–Crippen LogP) is 4.33. The smallest absolute Gasteiger partial charge is 0.408 e. The minimum atomic E-state index is -0.763. The third kappa shape index (κ3) is 9.60. The molecule has 1 fully saturated rings. The number of alkyl carbamates (subject to hydrolysis) is 2. The molecular weight excluding hydrogens is 458 g/mol. The lowest BCUT2D eigenvalue weighted by molar-refractivity contribution is -0.123. The minimum Gasteiger partial charge on any atom is -0.445 e. The summed E-state index contributed by atoms with van der Waals surface area (Å²) in [5.41, 5.74) is 1.42. The average molecular weight is 496 g/mol. The highest BCUT2D eigenvalue weighted by Gasteiger charge is 2.41. The van der Waals surface area contributed by atoms with Gasteiger partial charge < -0.3 is 25.4 Å². The maximum absolute atomic E-state index is 12.9. The van der Waals surface area contributed by atoms with Crippen LogP contribution < -0.4 is 16.0 Å². The van der Waals surface area contributed by atoms with E-state index in [-0.39, 0.29) is 30.5 Å². The Hall–Kier alpha value is -3.55. The van der Waals surface area contributed by atoms with Gasteiger partial charge in [0.1, 0.15) is 18.2 Å². The Kier molecular flexibility index (Phi) is 9.33. The van der Waals surface area contributed by atoms with Crippen LogP contribution in [0.2, 0.25) is 0 Å². The van der Waals surface area contributed by atoms with Crippen molar-refractivity contribution in [2.45, 2.75) is 77.3 Å². The van der Waals surface area contributed by atoms with Crippen molar-refractivity contribution in [3.8, 4) is 0 Å². The maximum Gasteiger partial charge on any atom is 0.408 e. The van der Waals surface area contributed by atoms with Gasteiger partial charge in [-0.15, -0.1) is 0 Å². The van der Waals surface area contributed by atoms with Crippen LogP contribution in [-0.4, -0.2) is 41.8 Å². The highest BCUT2D eigenvalue weighted by atomic mass is 16.6. The molecule has 2 aromatic carbocycles. The maximum atomic E-state index is 12.9. The van der Waals surface area contributed by atoms with Crippen LogP contribution in [0.3, 0.4) is 0 Å². The minimum absolute atomic E-state index is 0.0264. The van der Waals surface area contributed by atoms with Crippen LogP contribution in [-0.2, 0) is 27.3 Å². The van der Waals surface area contributed by atoms with Crippen molar-refractivity contribution < 1.29 is 23.9 Å². The second-order valence-electron chi connectivity index (χ2n) is 10.3. The van der Waals surface area contributed by atoms with E-state index in [0.29, 0.717) is 12.8 Å². The van der Waals surface area contributed by atoms with Crippen molar-refractivity contribution in [2.24, 2.45) is 5.92 Å². The molecular formula is C28H37N3O5. The van der Waals surface area contributed by atoms with Gasteiger partial charge in [-0.2, -0.15) is 0 Å². The zero-order valence-corrected chi connectivity index (χ0v) is 21.5. The van der Waals surface area contributed by atoms with Crippen molar-refractivity contribution in [3.63, 3.8) is 0 Å². The molecule has 4 atom stereocenters. The van der Waals surface area contributed by atoms with E-state index >= 15 is 0 Å². The van der Waals surface area contributed by atoms with Gasteiger partial charge in [-0.1, -0.05) is 60.7 Å². The molecule has 8 nitrogen and oxygen atoms in total. The van der Waals surface area contributed by atoms with Crippen molar-refractivity contribution in [1.29, 1.82) is 0 Å². The summed E-state index contributed by atoms with van der Waals surface area (Å²) in [4.78, 5) is 37.2. The molecule has 0 bridgehead atoms. The van der Waals surface area contributed by atoms with Crippen molar-refractivity contribution >= 4 is 18.1 Å². The fourth-order valence-electron chi connectivity index (χ4n) is 3.93. The van der Waals surface area contributed by atoms with E-state index in [2.05, 4.69) is 16.0 Å². The van der Waals surface area contributed by atoms with E-state index in [1.54, 1.807) is 6.92 Å². The summed E-state index contributed by atoms with van der Waals surface area (Å²) in [6.45, 7) is 7.24. The number of hydrogen-bond acceptors (Lipinski definition) is 5. The van der Waals surface area contributed by atoms with Crippen LogP contribution in [0.4, 0.5) is 9.59 Å². The lowest BCUT2D eigenvalue weighted by Gasteiger charge is -2.22. The molecule has 0 aliphatic heterocycles. The molecule has 0 aromatic heterocycles. The number of benzene rings is 2. The topological polar surface area (TPSA) is 106 Å². The zero-order valence-electron chi connectivity index (χ0n) is 21.5. The molecule has 0 unspecified atom stereocenters. The van der Waals surface area contributed by atoms with Crippen molar-refractivity contribution in [2.75, 3.05) is 0 Å². The number of hydrogen-bond donors (Lipinski definition) is 3. The van der Waals surface area contributed by atoms with Crippen LogP contribution in [0, 0.1) is 5.92 Å². The highest BCUT2D eigenvalue weighted by Crippen LogP contribution is 2.35. The van der Waals surface area contributed by atoms with E-state index in [0.717, 1.165) is 17.5 Å². The number of nitrogens with one attached hydrogen (secondary N) is 3. The number of carbonyl (C=O) groups excluding carboxylic acids is 3. The lowest BCUT2D eigenvalue weighted by atomic mass is 10.0. The summed E-state index contributed by atoms with van der Waals surface area (Å²) < 4.78 is 10.6. The van der Waals surface area contributed by atoms with E-state index in [1.807, 2.05) is 81.4 Å². The first-order valence-corrected chi connectivity index (χ1v) is 12.4. The molecule has 194 valence electrons. The molecule has 8 heteroatoms. The molecule has 3 amide bonds. The molecule has 1 aliphatic carbocycles. The van der Waals surface area contributed by atoms with E-state index in [9.17, 15) is 14.4 Å². The normalized spacial score (nSPS) is 18.3. The number of rotatable bonds is 10. The van der Waals surface area contributed by atoms with Crippen LogP contribution in [0.15, 0.2) is 60.7 Å². The van der Waals surface area contributed by atoms with Crippen molar-refractivity contribution in [3.05, 3.63) is 71.8 Å². The second-order valence-corrected chi connectivity index (χ2v) is 10.3. The van der Waals surface area contributed by atoms with Gasteiger partial charge in [0.05, 0.1) is 0 Å². The third-order valence-corrected chi connectivity index (χ3v) is 5.82. The summed E-state index contributed by atoms with van der Waals surface area (Å²) in [5, 5.41) is 8.58. The summed E-state index contributed by atoms with van der Waals surface area (Å²) in [6.07, 6.45) is 1.11. The molecule has 2 aromatic rings. The quantitative estimate of drug-likeness (QED) is 0.455. The molecule has 3 rings (SSSR count). The van der Waals surface area contributed by atoms with Gasteiger partial charge in [0.2, 0.25) is 5.91 Å². The Morgan fingerprint density at radius 3 is 2.14 bits per heavy atom. The molecule has 1 saturated carbocycles. The standard InChI is InChI=1S/C28H37N3O5/c1-19(29-26(33)35-18-21-13-9-6-10-14-21)25(32)30-23(15-20-11-7-5-8-12-20)16-22-17-24(22)31-27(34)36-28(2,3)4/h5-14,19,22-24H,15-18H2,1-4H3,(H,29,33)(H,30,32)(H,31,34)/t19-,22+,23+,24-/m0/s1. The summed E-state index contributed by atoms with van der Waals surface area (Å²) >= 11 is 0. The Labute approximate surface area is 213 Å². The number of amides is 3. The lowest BCUT2D eigenvalue weighted by Crippen LogP contribution is -2.49. The number of carbonyl (C=O) groups is 3. The van der Waals surface area contributed by atoms with Crippen LogP contribution in [0.25, 0.3) is 0 Å². The van der Waals surface area contributed by atoms with Gasteiger partial charge in [0.25, 0.3) is 0 Å². The summed E-state index contributed by atoms with van der Waals surface area (Å²) in [5.74, 6) is -0.0458. The fraction of sp³-hybridized carbons (Fsp3) is 0.464. The monoisotopic (exact) mass is 495 g/mol. The van der Waals surface area contributed by atoms with E-state index < -0.39 is 23.8 Å². The Bertz CT molecular complexity index is 1010. The molecule has 1 aliphatic rings. The van der Waals surface area contributed by atoms with Crippen molar-refractivity contribution in [1.82, 2.24) is 16.0 Å². The summed E-state index contributed by atoms with van der Waals surface area (Å²) in [6, 6.07) is 18.4. The van der Waals surface area contributed by atoms with Crippen LogP contribution in [0.5, 0.6) is 0 Å². The van der Waals surface area contributed by atoms with E-state index in [1.165, 1.54) is 0 Å². The van der Waals surface area contributed by atoms with Crippen LogP contribution in [0.1, 0.15) is 51.7 Å². The molecule has 0 spiro atoms. The van der Waals surface area contributed by atoms with Gasteiger partial charge in [0, 0.05) is 12.1 Å². The SMILES string of the molecule is C[C@H](NC(=O)OCc1ccccc1)C(=O)N[C@H](Cc1ccccc1)C[C@@H]1C[C@@H]1NC(=O)OC(C)(C)C.